The quantitative estimate of drug-likeness (QED) is 0.877. The molecule has 0 unspecified atom stereocenters. The molecule has 0 saturated carbocycles. The van der Waals surface area contributed by atoms with Crippen molar-refractivity contribution in [2.75, 3.05) is 0 Å². The number of nitrogens with two attached hydrogens (primary N) is 1. The average molecular weight is 229 g/mol. The van der Waals surface area contributed by atoms with Gasteiger partial charge in [0, 0.05) is 12.2 Å². The van der Waals surface area contributed by atoms with Crippen LogP contribution >= 0.6 is 0 Å². The number of para-hydroxylation sites is 1. The van der Waals surface area contributed by atoms with Crippen molar-refractivity contribution >= 4 is 0 Å². The summed E-state index contributed by atoms with van der Waals surface area (Å²) in [5, 5.41) is 0. The first kappa shape index (κ1) is 11.5. The van der Waals surface area contributed by atoms with Gasteiger partial charge in [0.1, 0.15) is 5.75 Å². The van der Waals surface area contributed by atoms with E-state index in [1.54, 1.807) is 0 Å². The second kappa shape index (κ2) is 4.93. The number of benzene rings is 1. The number of rotatable bonds is 3. The van der Waals surface area contributed by atoms with E-state index in [1.807, 2.05) is 44.2 Å². The van der Waals surface area contributed by atoms with Gasteiger partial charge in [0.15, 0.2) is 0 Å². The third-order valence-corrected chi connectivity index (χ3v) is 2.39. The minimum Gasteiger partial charge on any atom is -0.424 e. The summed E-state index contributed by atoms with van der Waals surface area (Å²) in [6.45, 7) is 4.26. The molecule has 2 N–H and O–H groups in total. The van der Waals surface area contributed by atoms with Crippen LogP contribution in [-0.4, -0.2) is 9.97 Å². The molecule has 1 aromatic heterocycles. The first-order valence-electron chi connectivity index (χ1n) is 5.47. The molecule has 0 saturated heterocycles. The lowest BCUT2D eigenvalue weighted by molar-refractivity contribution is 0.435. The zero-order valence-corrected chi connectivity index (χ0v) is 9.97. The summed E-state index contributed by atoms with van der Waals surface area (Å²) in [7, 11) is 0. The van der Waals surface area contributed by atoms with Crippen molar-refractivity contribution in [2.24, 2.45) is 5.73 Å². The van der Waals surface area contributed by atoms with Crippen LogP contribution in [0.5, 0.6) is 11.8 Å². The van der Waals surface area contributed by atoms with Crippen molar-refractivity contribution in [3.05, 3.63) is 47.3 Å². The first-order valence-corrected chi connectivity index (χ1v) is 5.47. The molecule has 0 fully saturated rings. The maximum absolute atomic E-state index is 5.65. The fourth-order valence-corrected chi connectivity index (χ4v) is 1.52. The molecule has 0 amide bonds. The topological polar surface area (TPSA) is 61.0 Å². The molecular weight excluding hydrogens is 214 g/mol. The van der Waals surface area contributed by atoms with E-state index in [1.165, 1.54) is 0 Å². The Morgan fingerprint density at radius 2 is 1.94 bits per heavy atom. The molecule has 0 aliphatic rings. The maximum atomic E-state index is 5.65. The summed E-state index contributed by atoms with van der Waals surface area (Å²) in [6.07, 6.45) is 0. The Morgan fingerprint density at radius 1 is 1.18 bits per heavy atom. The van der Waals surface area contributed by atoms with Crippen LogP contribution in [0.25, 0.3) is 0 Å². The molecule has 0 radical (unpaired) electrons. The van der Waals surface area contributed by atoms with Crippen LogP contribution in [0.1, 0.15) is 17.0 Å². The zero-order valence-electron chi connectivity index (χ0n) is 9.97. The Hall–Kier alpha value is -1.94. The number of hydrogen-bond acceptors (Lipinski definition) is 4. The highest BCUT2D eigenvalue weighted by Gasteiger charge is 2.05. The Bertz CT molecular complexity index is 526. The molecule has 4 nitrogen and oxygen atoms in total. The molecular formula is C13H15N3O. The maximum Gasteiger partial charge on any atom is 0.322 e. The molecule has 88 valence electrons. The third kappa shape index (κ3) is 2.79. The molecule has 0 aliphatic heterocycles. The summed E-state index contributed by atoms with van der Waals surface area (Å²) in [5.74, 6) is 0.765. The lowest BCUT2D eigenvalue weighted by Gasteiger charge is -2.08. The summed E-state index contributed by atoms with van der Waals surface area (Å²) in [4.78, 5) is 8.46. The molecule has 1 heterocycles. The van der Waals surface area contributed by atoms with Gasteiger partial charge in [0.25, 0.3) is 0 Å². The summed E-state index contributed by atoms with van der Waals surface area (Å²) in [6, 6.07) is 9.95. The summed E-state index contributed by atoms with van der Waals surface area (Å²) < 4.78 is 5.65. The molecule has 0 aliphatic carbocycles. The molecule has 2 rings (SSSR count). The highest BCUT2D eigenvalue weighted by atomic mass is 16.5. The average Bonchev–Trinajstić information content (AvgIpc) is 2.31. The smallest absolute Gasteiger partial charge is 0.322 e. The zero-order chi connectivity index (χ0) is 12.3. The molecule has 17 heavy (non-hydrogen) atoms. The first-order chi connectivity index (χ1) is 8.19. The summed E-state index contributed by atoms with van der Waals surface area (Å²) in [5.41, 5.74) is 8.24. The number of ether oxygens (including phenoxy) is 1. The third-order valence-electron chi connectivity index (χ3n) is 2.39. The van der Waals surface area contributed by atoms with E-state index in [4.69, 9.17) is 10.5 Å². The highest BCUT2D eigenvalue weighted by Crippen LogP contribution is 2.22. The predicted octanol–water partition coefficient (Wildman–Crippen LogP) is 2.34. The van der Waals surface area contributed by atoms with Gasteiger partial charge in [-0.2, -0.15) is 4.98 Å². The van der Waals surface area contributed by atoms with E-state index in [0.717, 1.165) is 22.7 Å². The van der Waals surface area contributed by atoms with Gasteiger partial charge in [-0.25, -0.2) is 4.98 Å². The normalized spacial score (nSPS) is 10.3. The Balaban J connectivity index is 2.30. The second-order valence-corrected chi connectivity index (χ2v) is 3.85. The summed E-state index contributed by atoms with van der Waals surface area (Å²) >= 11 is 0. The van der Waals surface area contributed by atoms with Crippen LogP contribution in [0.2, 0.25) is 0 Å². The molecule has 1 aromatic carbocycles. The highest BCUT2D eigenvalue weighted by molar-refractivity contribution is 5.33. The van der Waals surface area contributed by atoms with Crippen LogP contribution in [0.3, 0.4) is 0 Å². The monoisotopic (exact) mass is 229 g/mol. The van der Waals surface area contributed by atoms with E-state index in [0.29, 0.717) is 12.6 Å². The van der Waals surface area contributed by atoms with Crippen LogP contribution in [0.4, 0.5) is 0 Å². The standard InChI is InChI=1S/C13H15N3O/c1-9-5-3-4-6-12(9)17-13-15-10(2)7-11(8-14)16-13/h3-7H,8,14H2,1-2H3. The van der Waals surface area contributed by atoms with Gasteiger partial charge >= 0.3 is 6.01 Å². The van der Waals surface area contributed by atoms with Crippen molar-refractivity contribution in [3.63, 3.8) is 0 Å². The largest absolute Gasteiger partial charge is 0.424 e. The predicted molar refractivity (Wildman–Crippen MR) is 65.9 cm³/mol. The van der Waals surface area contributed by atoms with Gasteiger partial charge in [-0.1, -0.05) is 18.2 Å². The van der Waals surface area contributed by atoms with Crippen molar-refractivity contribution in [3.8, 4) is 11.8 Å². The van der Waals surface area contributed by atoms with Gasteiger partial charge in [-0.05, 0) is 31.5 Å². The van der Waals surface area contributed by atoms with Gasteiger partial charge in [0.2, 0.25) is 0 Å². The van der Waals surface area contributed by atoms with E-state index >= 15 is 0 Å². The van der Waals surface area contributed by atoms with E-state index in [9.17, 15) is 0 Å². The number of hydrogen-bond donors (Lipinski definition) is 1. The SMILES string of the molecule is Cc1cc(CN)nc(Oc2ccccc2C)n1. The van der Waals surface area contributed by atoms with Crippen LogP contribution < -0.4 is 10.5 Å². The molecule has 0 spiro atoms. The van der Waals surface area contributed by atoms with Gasteiger partial charge in [-0.15, -0.1) is 0 Å². The van der Waals surface area contributed by atoms with Crippen molar-refractivity contribution in [1.29, 1.82) is 0 Å². The van der Waals surface area contributed by atoms with E-state index in [-0.39, 0.29) is 0 Å². The van der Waals surface area contributed by atoms with Gasteiger partial charge in [-0.3, -0.25) is 0 Å². The van der Waals surface area contributed by atoms with Crippen molar-refractivity contribution < 1.29 is 4.74 Å². The Morgan fingerprint density at radius 3 is 2.65 bits per heavy atom. The lowest BCUT2D eigenvalue weighted by Crippen LogP contribution is -2.03. The van der Waals surface area contributed by atoms with Gasteiger partial charge in [0.05, 0.1) is 5.69 Å². The Kier molecular flexibility index (Phi) is 3.35. The molecule has 0 atom stereocenters. The molecule has 0 bridgehead atoms. The Labute approximate surface area is 100 Å². The fraction of sp³-hybridized carbons (Fsp3) is 0.231. The van der Waals surface area contributed by atoms with Crippen molar-refractivity contribution in [1.82, 2.24) is 9.97 Å². The van der Waals surface area contributed by atoms with Crippen LogP contribution in [0.15, 0.2) is 30.3 Å². The van der Waals surface area contributed by atoms with Crippen molar-refractivity contribution in [2.45, 2.75) is 20.4 Å². The lowest BCUT2D eigenvalue weighted by atomic mass is 10.2. The van der Waals surface area contributed by atoms with E-state index in [2.05, 4.69) is 9.97 Å². The second-order valence-electron chi connectivity index (χ2n) is 3.85. The minimum atomic E-state index is 0.347. The van der Waals surface area contributed by atoms with Crippen LogP contribution in [0, 0.1) is 13.8 Å². The fourth-order valence-electron chi connectivity index (χ4n) is 1.52. The molecule has 4 heteroatoms. The number of aryl methyl sites for hydroxylation is 2. The minimum absolute atomic E-state index is 0.347. The molecule has 2 aromatic rings. The van der Waals surface area contributed by atoms with E-state index < -0.39 is 0 Å². The van der Waals surface area contributed by atoms with Crippen LogP contribution in [-0.2, 0) is 6.54 Å². The number of nitrogens with zero attached hydrogens (tertiary/aromatic N) is 2. The van der Waals surface area contributed by atoms with Gasteiger partial charge < -0.3 is 10.5 Å². The number of aromatic nitrogens is 2.